The quantitative estimate of drug-likeness (QED) is 0.421. The fraction of sp³-hybridized carbons (Fsp3) is 0.714. The summed E-state index contributed by atoms with van der Waals surface area (Å²) in [6, 6.07) is 0.600. The van der Waals surface area contributed by atoms with Crippen molar-refractivity contribution < 1.29 is 0 Å². The summed E-state index contributed by atoms with van der Waals surface area (Å²) < 4.78 is 0. The second-order valence-corrected chi connectivity index (χ2v) is 2.79. The van der Waals surface area contributed by atoms with Crippen molar-refractivity contribution in [1.82, 2.24) is 4.90 Å². The third kappa shape index (κ3) is 1.70. The van der Waals surface area contributed by atoms with E-state index in [4.69, 9.17) is 11.6 Å². The lowest BCUT2D eigenvalue weighted by atomic mass is 10.2. The van der Waals surface area contributed by atoms with Crippen molar-refractivity contribution in [3.8, 4) is 0 Å². The number of hydrogen-bond acceptors (Lipinski definition) is 1. The van der Waals surface area contributed by atoms with E-state index >= 15 is 0 Å². The smallest absolute Gasteiger partial charge is 0.0290 e. The molecule has 9 heavy (non-hydrogen) atoms. The van der Waals surface area contributed by atoms with Crippen LogP contribution in [0.25, 0.3) is 0 Å². The van der Waals surface area contributed by atoms with Crippen LogP contribution in [-0.4, -0.2) is 30.4 Å². The largest absolute Gasteiger partial charge is 0.296 e. The van der Waals surface area contributed by atoms with Gasteiger partial charge in [-0.3, -0.25) is 4.90 Å². The Hall–Kier alpha value is -0.0100. The van der Waals surface area contributed by atoms with Gasteiger partial charge in [0.25, 0.3) is 0 Å². The molecule has 1 aliphatic heterocycles. The molecule has 1 aliphatic rings. The predicted octanol–water partition coefficient (Wildman–Crippen LogP) is 1.49. The fourth-order valence-electron chi connectivity index (χ4n) is 1.09. The van der Waals surface area contributed by atoms with Gasteiger partial charge in [0.1, 0.15) is 0 Å². The molecule has 0 bridgehead atoms. The van der Waals surface area contributed by atoms with Crippen molar-refractivity contribution >= 4 is 11.6 Å². The average Bonchev–Trinajstić information content (AvgIpc) is 2.18. The van der Waals surface area contributed by atoms with Gasteiger partial charge in [0, 0.05) is 18.5 Å². The maximum absolute atomic E-state index is 5.59. The number of rotatable bonds is 2. The molecule has 52 valence electrons. The van der Waals surface area contributed by atoms with E-state index < -0.39 is 0 Å². The molecule has 0 N–H and O–H groups in total. The van der Waals surface area contributed by atoms with Gasteiger partial charge in [-0.2, -0.15) is 0 Å². The minimum absolute atomic E-state index is 0.600. The van der Waals surface area contributed by atoms with E-state index in [1.165, 1.54) is 0 Å². The fourth-order valence-corrected chi connectivity index (χ4v) is 1.32. The van der Waals surface area contributed by atoms with Gasteiger partial charge in [-0.1, -0.05) is 12.2 Å². The van der Waals surface area contributed by atoms with Gasteiger partial charge >= 0.3 is 0 Å². The first kappa shape index (κ1) is 7.10. The van der Waals surface area contributed by atoms with Crippen molar-refractivity contribution in [2.75, 3.05) is 19.5 Å². The van der Waals surface area contributed by atoms with Crippen molar-refractivity contribution in [2.24, 2.45) is 0 Å². The summed E-state index contributed by atoms with van der Waals surface area (Å²) in [7, 11) is 2.12. The van der Waals surface area contributed by atoms with Crippen LogP contribution in [0, 0.1) is 0 Å². The average molecular weight is 146 g/mol. The number of alkyl halides is 1. The Balaban J connectivity index is 2.31. The van der Waals surface area contributed by atoms with Gasteiger partial charge in [-0.15, -0.1) is 11.6 Å². The Morgan fingerprint density at radius 3 is 3.00 bits per heavy atom. The van der Waals surface area contributed by atoms with Gasteiger partial charge in [0.15, 0.2) is 0 Å². The zero-order valence-corrected chi connectivity index (χ0v) is 6.43. The van der Waals surface area contributed by atoms with Gasteiger partial charge < -0.3 is 0 Å². The van der Waals surface area contributed by atoms with Gasteiger partial charge in [0.2, 0.25) is 0 Å². The van der Waals surface area contributed by atoms with E-state index in [0.29, 0.717) is 6.04 Å². The Morgan fingerprint density at radius 1 is 1.78 bits per heavy atom. The van der Waals surface area contributed by atoms with Crippen molar-refractivity contribution in [3.05, 3.63) is 12.2 Å². The molecule has 1 unspecified atom stereocenters. The molecule has 0 radical (unpaired) electrons. The summed E-state index contributed by atoms with van der Waals surface area (Å²) in [5.74, 6) is 0.763. The topological polar surface area (TPSA) is 3.24 Å². The first-order chi connectivity index (χ1) is 4.34. The monoisotopic (exact) mass is 145 g/mol. The summed E-state index contributed by atoms with van der Waals surface area (Å²) in [5.41, 5.74) is 0. The number of halogens is 1. The molecular formula is C7H12ClN. The Labute approximate surface area is 61.3 Å². The molecule has 0 aromatic rings. The molecule has 0 aromatic carbocycles. The molecule has 1 heterocycles. The normalized spacial score (nSPS) is 27.6. The lowest BCUT2D eigenvalue weighted by molar-refractivity contribution is 0.328. The van der Waals surface area contributed by atoms with Crippen molar-refractivity contribution in [2.45, 2.75) is 12.5 Å². The Kier molecular flexibility index (Phi) is 2.55. The number of hydrogen-bond donors (Lipinski definition) is 0. The van der Waals surface area contributed by atoms with Crippen LogP contribution in [0.3, 0.4) is 0 Å². The molecule has 0 fully saturated rings. The zero-order valence-electron chi connectivity index (χ0n) is 5.68. The highest BCUT2D eigenvalue weighted by molar-refractivity contribution is 6.17. The van der Waals surface area contributed by atoms with E-state index in [1.807, 2.05) is 0 Å². The summed E-state index contributed by atoms with van der Waals surface area (Å²) in [6.45, 7) is 1.08. The van der Waals surface area contributed by atoms with Crippen LogP contribution in [0.5, 0.6) is 0 Å². The van der Waals surface area contributed by atoms with E-state index in [2.05, 4.69) is 24.1 Å². The molecule has 0 saturated heterocycles. The van der Waals surface area contributed by atoms with E-state index in [9.17, 15) is 0 Å². The highest BCUT2D eigenvalue weighted by Gasteiger charge is 2.13. The van der Waals surface area contributed by atoms with Crippen LogP contribution >= 0.6 is 11.6 Å². The first-order valence-corrected chi connectivity index (χ1v) is 3.81. The molecule has 1 atom stereocenters. The van der Waals surface area contributed by atoms with E-state index in [1.54, 1.807) is 0 Å². The van der Waals surface area contributed by atoms with Gasteiger partial charge in [-0.05, 0) is 13.5 Å². The SMILES string of the molecule is CN1CC=CC1CCCl. The summed E-state index contributed by atoms with van der Waals surface area (Å²) in [5, 5.41) is 0. The first-order valence-electron chi connectivity index (χ1n) is 3.27. The number of nitrogens with zero attached hydrogens (tertiary/aromatic N) is 1. The molecule has 0 aliphatic carbocycles. The van der Waals surface area contributed by atoms with Crippen molar-refractivity contribution in [3.63, 3.8) is 0 Å². The van der Waals surface area contributed by atoms with E-state index in [-0.39, 0.29) is 0 Å². The Morgan fingerprint density at radius 2 is 2.56 bits per heavy atom. The van der Waals surface area contributed by atoms with Crippen LogP contribution in [0.15, 0.2) is 12.2 Å². The summed E-state index contributed by atoms with van der Waals surface area (Å²) >= 11 is 5.59. The second-order valence-electron chi connectivity index (χ2n) is 2.41. The lowest BCUT2D eigenvalue weighted by Gasteiger charge is -2.16. The highest BCUT2D eigenvalue weighted by Crippen LogP contribution is 2.10. The second kappa shape index (κ2) is 3.23. The maximum Gasteiger partial charge on any atom is 0.0290 e. The predicted molar refractivity (Wildman–Crippen MR) is 40.9 cm³/mol. The van der Waals surface area contributed by atoms with E-state index in [0.717, 1.165) is 18.8 Å². The molecule has 0 aromatic heterocycles. The van der Waals surface area contributed by atoms with Crippen LogP contribution in [-0.2, 0) is 0 Å². The highest BCUT2D eigenvalue weighted by atomic mass is 35.5. The standard InChI is InChI=1S/C7H12ClN/c1-9-6-2-3-7(9)4-5-8/h2-3,7H,4-6H2,1H3. The molecule has 0 spiro atoms. The summed E-state index contributed by atoms with van der Waals surface area (Å²) in [6.07, 6.45) is 5.49. The van der Waals surface area contributed by atoms with Gasteiger partial charge in [-0.25, -0.2) is 0 Å². The molecule has 2 heteroatoms. The Bertz CT molecular complexity index is 111. The summed E-state index contributed by atoms with van der Waals surface area (Å²) in [4.78, 5) is 2.29. The molecular weight excluding hydrogens is 134 g/mol. The minimum atomic E-state index is 0.600. The zero-order chi connectivity index (χ0) is 6.69. The van der Waals surface area contributed by atoms with Crippen molar-refractivity contribution in [1.29, 1.82) is 0 Å². The molecule has 1 rings (SSSR count). The van der Waals surface area contributed by atoms with Crippen LogP contribution in [0.2, 0.25) is 0 Å². The molecule has 0 saturated carbocycles. The molecule has 0 amide bonds. The van der Waals surface area contributed by atoms with Gasteiger partial charge in [0.05, 0.1) is 0 Å². The van der Waals surface area contributed by atoms with Crippen LogP contribution in [0.4, 0.5) is 0 Å². The minimum Gasteiger partial charge on any atom is -0.296 e. The third-order valence-corrected chi connectivity index (χ3v) is 1.94. The van der Waals surface area contributed by atoms with Crippen LogP contribution in [0.1, 0.15) is 6.42 Å². The number of likely N-dealkylation sites (N-methyl/N-ethyl adjacent to an activating group) is 1. The van der Waals surface area contributed by atoms with Crippen LogP contribution < -0.4 is 0 Å². The maximum atomic E-state index is 5.59. The molecule has 1 nitrogen and oxygen atoms in total. The third-order valence-electron chi connectivity index (χ3n) is 1.72. The lowest BCUT2D eigenvalue weighted by Crippen LogP contribution is -2.25.